The van der Waals surface area contributed by atoms with Gasteiger partial charge in [0.2, 0.25) is 0 Å². The number of rotatable bonds is 5. The van der Waals surface area contributed by atoms with Crippen molar-refractivity contribution in [1.82, 2.24) is 14.9 Å². The standard InChI is InChI=1S/C21H23N3O2/c1-4-24-18-8-6-5-7-17(18)23-19(21(24)26)15-9-11-16(12-10-15)20(25)22-13-14(2)3/h5-12,14H,4,13H2,1-3H3,(H,22,25). The number of para-hydroxylation sites is 2. The summed E-state index contributed by atoms with van der Waals surface area (Å²) in [7, 11) is 0. The van der Waals surface area contributed by atoms with Crippen molar-refractivity contribution in [2.24, 2.45) is 5.92 Å². The molecule has 134 valence electrons. The van der Waals surface area contributed by atoms with Crippen LogP contribution in [-0.4, -0.2) is 22.0 Å². The number of nitrogens with zero attached hydrogens (tertiary/aromatic N) is 2. The lowest BCUT2D eigenvalue weighted by atomic mass is 10.1. The van der Waals surface area contributed by atoms with Crippen LogP contribution in [0.4, 0.5) is 0 Å². The third-order valence-electron chi connectivity index (χ3n) is 4.26. The van der Waals surface area contributed by atoms with Gasteiger partial charge >= 0.3 is 0 Å². The molecule has 1 aromatic heterocycles. The molecule has 3 aromatic rings. The van der Waals surface area contributed by atoms with E-state index < -0.39 is 0 Å². The van der Waals surface area contributed by atoms with E-state index in [-0.39, 0.29) is 11.5 Å². The molecule has 0 atom stereocenters. The van der Waals surface area contributed by atoms with Crippen LogP contribution in [0.5, 0.6) is 0 Å². The van der Waals surface area contributed by atoms with Gasteiger partial charge in [0, 0.05) is 24.2 Å². The molecule has 0 saturated heterocycles. The van der Waals surface area contributed by atoms with Crippen LogP contribution < -0.4 is 10.9 Å². The Bertz CT molecular complexity index is 988. The third-order valence-corrected chi connectivity index (χ3v) is 4.26. The number of hydrogen-bond acceptors (Lipinski definition) is 3. The van der Waals surface area contributed by atoms with Crippen LogP contribution in [0.1, 0.15) is 31.1 Å². The van der Waals surface area contributed by atoms with Crippen molar-refractivity contribution >= 4 is 16.9 Å². The zero-order chi connectivity index (χ0) is 18.7. The van der Waals surface area contributed by atoms with Crippen LogP contribution >= 0.6 is 0 Å². The van der Waals surface area contributed by atoms with E-state index in [1.54, 1.807) is 28.8 Å². The molecule has 0 aliphatic carbocycles. The molecule has 3 rings (SSSR count). The van der Waals surface area contributed by atoms with Crippen LogP contribution in [0.25, 0.3) is 22.3 Å². The lowest BCUT2D eigenvalue weighted by Gasteiger charge is -2.11. The predicted octanol–water partition coefficient (Wildman–Crippen LogP) is 3.47. The van der Waals surface area contributed by atoms with Crippen LogP contribution in [0.15, 0.2) is 53.3 Å². The molecule has 5 heteroatoms. The summed E-state index contributed by atoms with van der Waals surface area (Å²) in [6.07, 6.45) is 0. The Morgan fingerprint density at radius 2 is 1.81 bits per heavy atom. The molecular weight excluding hydrogens is 326 g/mol. The minimum atomic E-state index is -0.122. The molecule has 0 bridgehead atoms. The SMILES string of the molecule is CCn1c(=O)c(-c2ccc(C(=O)NCC(C)C)cc2)nc2ccccc21. The minimum absolute atomic E-state index is 0.109. The zero-order valence-electron chi connectivity index (χ0n) is 15.3. The van der Waals surface area contributed by atoms with E-state index in [4.69, 9.17) is 0 Å². The fraction of sp³-hybridized carbons (Fsp3) is 0.286. The van der Waals surface area contributed by atoms with Gasteiger partial charge in [-0.05, 0) is 37.1 Å². The number of carbonyl (C=O) groups excluding carboxylic acids is 1. The van der Waals surface area contributed by atoms with Crippen LogP contribution in [0.2, 0.25) is 0 Å². The first-order valence-corrected chi connectivity index (χ1v) is 8.89. The highest BCUT2D eigenvalue weighted by molar-refractivity contribution is 5.94. The summed E-state index contributed by atoms with van der Waals surface area (Å²) in [6, 6.07) is 14.6. The molecule has 5 nitrogen and oxygen atoms in total. The smallest absolute Gasteiger partial charge is 0.277 e. The topological polar surface area (TPSA) is 64.0 Å². The van der Waals surface area contributed by atoms with Gasteiger partial charge in [-0.3, -0.25) is 9.59 Å². The summed E-state index contributed by atoms with van der Waals surface area (Å²) in [5.74, 6) is 0.287. The highest BCUT2D eigenvalue weighted by Crippen LogP contribution is 2.18. The van der Waals surface area contributed by atoms with E-state index in [1.165, 1.54) is 0 Å². The number of aryl methyl sites for hydroxylation is 1. The summed E-state index contributed by atoms with van der Waals surface area (Å²) in [5.41, 5.74) is 3.17. The average Bonchev–Trinajstić information content (AvgIpc) is 2.66. The normalized spacial score (nSPS) is 11.1. The summed E-state index contributed by atoms with van der Waals surface area (Å²) in [6.45, 7) is 7.25. The molecule has 2 aromatic carbocycles. The highest BCUT2D eigenvalue weighted by atomic mass is 16.1. The number of nitrogens with one attached hydrogen (secondary N) is 1. The molecule has 0 spiro atoms. The van der Waals surface area contributed by atoms with E-state index in [2.05, 4.69) is 10.3 Å². The van der Waals surface area contributed by atoms with E-state index in [1.807, 2.05) is 45.0 Å². The van der Waals surface area contributed by atoms with Gasteiger partial charge in [0.05, 0.1) is 11.0 Å². The Balaban J connectivity index is 1.98. The fourth-order valence-corrected chi connectivity index (χ4v) is 2.87. The molecule has 0 unspecified atom stereocenters. The second kappa shape index (κ2) is 7.52. The maximum atomic E-state index is 12.8. The third kappa shape index (κ3) is 3.52. The van der Waals surface area contributed by atoms with Crippen molar-refractivity contribution in [3.63, 3.8) is 0 Å². The quantitative estimate of drug-likeness (QED) is 0.767. The summed E-state index contributed by atoms with van der Waals surface area (Å²) >= 11 is 0. The van der Waals surface area contributed by atoms with Crippen molar-refractivity contribution in [1.29, 1.82) is 0 Å². The Morgan fingerprint density at radius 3 is 2.46 bits per heavy atom. The Morgan fingerprint density at radius 1 is 1.12 bits per heavy atom. The van der Waals surface area contributed by atoms with Crippen molar-refractivity contribution in [2.45, 2.75) is 27.3 Å². The predicted molar refractivity (Wildman–Crippen MR) is 104 cm³/mol. The molecule has 1 N–H and O–H groups in total. The first kappa shape index (κ1) is 17.9. The van der Waals surface area contributed by atoms with Gasteiger partial charge in [-0.15, -0.1) is 0 Å². The van der Waals surface area contributed by atoms with Gasteiger partial charge < -0.3 is 9.88 Å². The van der Waals surface area contributed by atoms with E-state index in [0.717, 1.165) is 11.0 Å². The lowest BCUT2D eigenvalue weighted by molar-refractivity contribution is 0.0949. The number of amides is 1. The summed E-state index contributed by atoms with van der Waals surface area (Å²) < 4.78 is 1.72. The minimum Gasteiger partial charge on any atom is -0.352 e. The van der Waals surface area contributed by atoms with Crippen molar-refractivity contribution in [3.8, 4) is 11.3 Å². The van der Waals surface area contributed by atoms with Crippen LogP contribution in [0, 0.1) is 5.92 Å². The lowest BCUT2D eigenvalue weighted by Crippen LogP contribution is -2.27. The Labute approximate surface area is 152 Å². The molecule has 0 saturated carbocycles. The molecule has 0 radical (unpaired) electrons. The molecule has 1 heterocycles. The Hall–Kier alpha value is -2.95. The first-order valence-electron chi connectivity index (χ1n) is 8.89. The monoisotopic (exact) mass is 349 g/mol. The van der Waals surface area contributed by atoms with Gasteiger partial charge in [-0.1, -0.05) is 38.1 Å². The molecule has 0 fully saturated rings. The number of benzene rings is 2. The van der Waals surface area contributed by atoms with E-state index in [9.17, 15) is 9.59 Å². The number of aromatic nitrogens is 2. The van der Waals surface area contributed by atoms with Gasteiger partial charge in [0.25, 0.3) is 11.5 Å². The van der Waals surface area contributed by atoms with Crippen molar-refractivity contribution < 1.29 is 4.79 Å². The largest absolute Gasteiger partial charge is 0.352 e. The molecule has 1 amide bonds. The van der Waals surface area contributed by atoms with Gasteiger partial charge in [0.15, 0.2) is 0 Å². The molecule has 0 aliphatic heterocycles. The molecular formula is C21H23N3O2. The molecule has 0 aliphatic rings. The van der Waals surface area contributed by atoms with Gasteiger partial charge in [-0.2, -0.15) is 0 Å². The van der Waals surface area contributed by atoms with Gasteiger partial charge in [0.1, 0.15) is 5.69 Å². The maximum absolute atomic E-state index is 12.8. The van der Waals surface area contributed by atoms with Crippen LogP contribution in [-0.2, 0) is 6.54 Å². The van der Waals surface area contributed by atoms with Crippen LogP contribution in [0.3, 0.4) is 0 Å². The van der Waals surface area contributed by atoms with E-state index >= 15 is 0 Å². The van der Waals surface area contributed by atoms with Crippen molar-refractivity contribution in [2.75, 3.05) is 6.54 Å². The van der Waals surface area contributed by atoms with Gasteiger partial charge in [-0.25, -0.2) is 4.98 Å². The second-order valence-electron chi connectivity index (χ2n) is 6.68. The van der Waals surface area contributed by atoms with E-state index in [0.29, 0.717) is 35.8 Å². The van der Waals surface area contributed by atoms with Crippen molar-refractivity contribution in [3.05, 3.63) is 64.4 Å². The fourth-order valence-electron chi connectivity index (χ4n) is 2.87. The number of hydrogen-bond donors (Lipinski definition) is 1. The average molecular weight is 349 g/mol. The second-order valence-corrected chi connectivity index (χ2v) is 6.68. The first-order chi connectivity index (χ1) is 12.5. The zero-order valence-corrected chi connectivity index (χ0v) is 15.3. The highest BCUT2D eigenvalue weighted by Gasteiger charge is 2.13. The maximum Gasteiger partial charge on any atom is 0.277 e. The Kier molecular flexibility index (Phi) is 5.16. The number of carbonyl (C=O) groups is 1. The summed E-state index contributed by atoms with van der Waals surface area (Å²) in [4.78, 5) is 29.5. The molecule has 26 heavy (non-hydrogen) atoms. The number of fused-ring (bicyclic) bond motifs is 1. The summed E-state index contributed by atoms with van der Waals surface area (Å²) in [5, 5.41) is 2.89.